The minimum atomic E-state index is -2.86. The molecule has 6 nitrogen and oxygen atoms in total. The lowest BCUT2D eigenvalue weighted by atomic mass is 9.91. The van der Waals surface area contributed by atoms with Gasteiger partial charge in [-0.3, -0.25) is 4.79 Å². The summed E-state index contributed by atoms with van der Waals surface area (Å²) in [5.41, 5.74) is 7.46. The van der Waals surface area contributed by atoms with E-state index in [4.69, 9.17) is 14.2 Å². The Kier molecular flexibility index (Phi) is 8.57. The van der Waals surface area contributed by atoms with Crippen LogP contribution in [0, 0.1) is 11.8 Å². The number of hydrogen-bond acceptors (Lipinski definition) is 6. The molecule has 6 rings (SSSR count). The standard InChI is InChI=1S/C35H40O6S/c1-39-35(36)21-33(27-7-8-27)28-9-11-30(12-10-28)40-23-25-5-6-26-3-2-4-29-20-31(13-14-32(29)34(26)19-25)41-22-24-15-17-42(37,38)18-16-24/h5-6,9-14,19-20,24,27,33H,2-4,7-8,15-18,21-23H2,1H3. The zero-order valence-electron chi connectivity index (χ0n) is 24.3. The molecule has 3 aliphatic rings. The van der Waals surface area contributed by atoms with E-state index in [1.165, 1.54) is 47.8 Å². The van der Waals surface area contributed by atoms with E-state index in [1.54, 1.807) is 0 Å². The van der Waals surface area contributed by atoms with Gasteiger partial charge in [-0.25, -0.2) is 8.42 Å². The average molecular weight is 589 g/mol. The van der Waals surface area contributed by atoms with Gasteiger partial charge in [0.2, 0.25) is 0 Å². The van der Waals surface area contributed by atoms with Crippen molar-refractivity contribution < 1.29 is 27.4 Å². The molecule has 1 saturated heterocycles. The second kappa shape index (κ2) is 12.5. The lowest BCUT2D eigenvalue weighted by molar-refractivity contribution is -0.141. The highest BCUT2D eigenvalue weighted by atomic mass is 32.2. The summed E-state index contributed by atoms with van der Waals surface area (Å²) in [7, 11) is -1.40. The number of aryl methyl sites for hydroxylation is 2. The average Bonchev–Trinajstić information content (AvgIpc) is 3.86. The van der Waals surface area contributed by atoms with Gasteiger partial charge in [-0.1, -0.05) is 30.3 Å². The second-order valence-corrected chi connectivity index (χ2v) is 14.5. The SMILES string of the molecule is COC(=O)CC(c1ccc(OCc2ccc3c(c2)-c2ccc(OCC4CCS(=O)(=O)CC4)cc2CCC3)cc1)C1CC1. The Morgan fingerprint density at radius 2 is 1.57 bits per heavy atom. The van der Waals surface area contributed by atoms with Crippen LogP contribution in [0.25, 0.3) is 11.1 Å². The van der Waals surface area contributed by atoms with Crippen LogP contribution in [0.2, 0.25) is 0 Å². The van der Waals surface area contributed by atoms with Crippen LogP contribution in [-0.4, -0.2) is 39.6 Å². The number of hydrogen-bond donors (Lipinski definition) is 0. The highest BCUT2D eigenvalue weighted by Gasteiger charge is 2.34. The van der Waals surface area contributed by atoms with Gasteiger partial charge in [0, 0.05) is 0 Å². The molecule has 2 aliphatic carbocycles. The monoisotopic (exact) mass is 588 g/mol. The quantitative estimate of drug-likeness (QED) is 0.246. The Hall–Kier alpha value is -3.32. The van der Waals surface area contributed by atoms with Gasteiger partial charge in [0.05, 0.1) is 31.6 Å². The zero-order chi connectivity index (χ0) is 29.1. The molecule has 0 aromatic heterocycles. The summed E-state index contributed by atoms with van der Waals surface area (Å²) < 4.78 is 40.7. The van der Waals surface area contributed by atoms with Crippen molar-refractivity contribution >= 4 is 15.8 Å². The Morgan fingerprint density at radius 1 is 0.833 bits per heavy atom. The second-order valence-electron chi connectivity index (χ2n) is 12.2. The Balaban J connectivity index is 1.10. The molecule has 1 saturated carbocycles. The van der Waals surface area contributed by atoms with Crippen molar-refractivity contribution in [3.63, 3.8) is 0 Å². The lowest BCUT2D eigenvalue weighted by Gasteiger charge is -2.22. The summed E-state index contributed by atoms with van der Waals surface area (Å²) in [6, 6.07) is 21.2. The number of esters is 1. The van der Waals surface area contributed by atoms with Crippen LogP contribution >= 0.6 is 0 Å². The summed E-state index contributed by atoms with van der Waals surface area (Å²) in [6.07, 6.45) is 7.27. The van der Waals surface area contributed by atoms with Gasteiger partial charge >= 0.3 is 5.97 Å². The first-order valence-corrected chi connectivity index (χ1v) is 17.1. The molecule has 42 heavy (non-hydrogen) atoms. The number of fused-ring (bicyclic) bond motifs is 3. The predicted molar refractivity (Wildman–Crippen MR) is 164 cm³/mol. The first-order chi connectivity index (χ1) is 20.4. The molecule has 0 N–H and O–H groups in total. The van der Waals surface area contributed by atoms with Gasteiger partial charge in [-0.05, 0) is 126 Å². The van der Waals surface area contributed by atoms with Crippen LogP contribution in [0.5, 0.6) is 11.5 Å². The molecule has 1 unspecified atom stereocenters. The minimum Gasteiger partial charge on any atom is -0.493 e. The summed E-state index contributed by atoms with van der Waals surface area (Å²) in [6.45, 7) is 1.05. The lowest BCUT2D eigenvalue weighted by Crippen LogP contribution is -2.26. The van der Waals surface area contributed by atoms with Gasteiger partial charge in [0.15, 0.2) is 0 Å². The van der Waals surface area contributed by atoms with Crippen LogP contribution in [0.15, 0.2) is 60.7 Å². The van der Waals surface area contributed by atoms with E-state index in [1.807, 2.05) is 18.2 Å². The zero-order valence-corrected chi connectivity index (χ0v) is 25.2. The van der Waals surface area contributed by atoms with Gasteiger partial charge < -0.3 is 14.2 Å². The van der Waals surface area contributed by atoms with Crippen molar-refractivity contribution in [2.75, 3.05) is 25.2 Å². The van der Waals surface area contributed by atoms with E-state index in [0.29, 0.717) is 44.3 Å². The highest BCUT2D eigenvalue weighted by Crippen LogP contribution is 2.45. The van der Waals surface area contributed by atoms with E-state index in [9.17, 15) is 13.2 Å². The minimum absolute atomic E-state index is 0.153. The summed E-state index contributed by atoms with van der Waals surface area (Å²) in [5.74, 6) is 3.16. The molecule has 3 aromatic rings. The maximum Gasteiger partial charge on any atom is 0.306 e. The third-order valence-corrected chi connectivity index (χ3v) is 10.8. The fourth-order valence-corrected chi connectivity index (χ4v) is 7.99. The molecule has 0 spiro atoms. The molecule has 0 amide bonds. The maximum atomic E-state index is 11.9. The molecule has 2 fully saturated rings. The molecule has 3 aromatic carbocycles. The van der Waals surface area contributed by atoms with Crippen molar-refractivity contribution in [3.8, 4) is 22.6 Å². The molecule has 7 heteroatoms. The van der Waals surface area contributed by atoms with Crippen molar-refractivity contribution in [1.82, 2.24) is 0 Å². The first-order valence-electron chi connectivity index (χ1n) is 15.2. The fourth-order valence-electron chi connectivity index (χ4n) is 6.40. The molecular formula is C35H40O6S. The molecular weight excluding hydrogens is 548 g/mol. The number of sulfone groups is 1. The molecule has 1 heterocycles. The fraction of sp³-hybridized carbons (Fsp3) is 0.457. The third-order valence-electron chi connectivity index (χ3n) is 9.11. The van der Waals surface area contributed by atoms with Crippen LogP contribution in [0.3, 0.4) is 0 Å². The van der Waals surface area contributed by atoms with Gasteiger partial charge in [-0.15, -0.1) is 0 Å². The number of benzene rings is 3. The first kappa shape index (κ1) is 28.8. The van der Waals surface area contributed by atoms with Gasteiger partial charge in [-0.2, -0.15) is 0 Å². The van der Waals surface area contributed by atoms with E-state index in [-0.39, 0.29) is 23.4 Å². The summed E-state index contributed by atoms with van der Waals surface area (Å²) in [5, 5.41) is 0. The molecule has 0 radical (unpaired) electrons. The topological polar surface area (TPSA) is 78.9 Å². The van der Waals surface area contributed by atoms with Crippen molar-refractivity contribution in [2.45, 2.75) is 63.9 Å². The number of ether oxygens (including phenoxy) is 3. The largest absolute Gasteiger partial charge is 0.493 e. The van der Waals surface area contributed by atoms with Crippen molar-refractivity contribution in [1.29, 1.82) is 0 Å². The predicted octanol–water partition coefficient (Wildman–Crippen LogP) is 6.68. The third kappa shape index (κ3) is 7.00. The smallest absolute Gasteiger partial charge is 0.306 e. The van der Waals surface area contributed by atoms with Crippen LogP contribution in [0.4, 0.5) is 0 Å². The van der Waals surface area contributed by atoms with E-state index in [2.05, 4.69) is 42.5 Å². The van der Waals surface area contributed by atoms with Crippen LogP contribution < -0.4 is 9.47 Å². The number of methoxy groups -OCH3 is 1. The Bertz CT molecular complexity index is 1510. The molecule has 1 atom stereocenters. The molecule has 0 bridgehead atoms. The van der Waals surface area contributed by atoms with Crippen molar-refractivity contribution in [3.05, 3.63) is 82.9 Å². The van der Waals surface area contributed by atoms with Crippen LogP contribution in [0.1, 0.15) is 66.7 Å². The number of carbonyl (C=O) groups excluding carboxylic acids is 1. The van der Waals surface area contributed by atoms with E-state index >= 15 is 0 Å². The van der Waals surface area contributed by atoms with E-state index in [0.717, 1.165) is 36.3 Å². The molecule has 1 aliphatic heterocycles. The normalized spacial score (nSPS) is 18.7. The van der Waals surface area contributed by atoms with E-state index < -0.39 is 9.84 Å². The number of carbonyl (C=O) groups is 1. The maximum absolute atomic E-state index is 11.9. The van der Waals surface area contributed by atoms with Gasteiger partial charge in [0.1, 0.15) is 27.9 Å². The highest BCUT2D eigenvalue weighted by molar-refractivity contribution is 7.91. The van der Waals surface area contributed by atoms with Crippen molar-refractivity contribution in [2.24, 2.45) is 11.8 Å². The summed E-state index contributed by atoms with van der Waals surface area (Å²) >= 11 is 0. The number of rotatable bonds is 10. The van der Waals surface area contributed by atoms with Gasteiger partial charge in [0.25, 0.3) is 0 Å². The Morgan fingerprint density at radius 3 is 2.31 bits per heavy atom. The van der Waals surface area contributed by atoms with Crippen LogP contribution in [-0.2, 0) is 38.8 Å². The molecule has 222 valence electrons. The summed E-state index contributed by atoms with van der Waals surface area (Å²) in [4.78, 5) is 11.9. The Labute approximate surface area is 249 Å².